The molecule has 1 amide bonds. The van der Waals surface area contributed by atoms with Crippen molar-refractivity contribution < 1.29 is 9.53 Å². The van der Waals surface area contributed by atoms with E-state index in [-0.39, 0.29) is 18.0 Å². The molecular weight excluding hydrogens is 264 g/mol. The predicted octanol–water partition coefficient (Wildman–Crippen LogP) is 2.90. The zero-order valence-electron chi connectivity index (χ0n) is 13.8. The summed E-state index contributed by atoms with van der Waals surface area (Å²) in [6, 6.07) is 8.01. The summed E-state index contributed by atoms with van der Waals surface area (Å²) in [7, 11) is 3.35. The van der Waals surface area contributed by atoms with Crippen molar-refractivity contribution in [3.8, 4) is 5.75 Å². The van der Waals surface area contributed by atoms with Crippen molar-refractivity contribution in [2.75, 3.05) is 14.2 Å². The number of nitrogens with one attached hydrogen (secondary N) is 2. The lowest BCUT2D eigenvalue weighted by molar-refractivity contribution is -0.123. The number of carbonyl (C=O) groups is 1. The van der Waals surface area contributed by atoms with Crippen LogP contribution in [0.4, 0.5) is 0 Å². The van der Waals surface area contributed by atoms with Crippen molar-refractivity contribution in [3.63, 3.8) is 0 Å². The van der Waals surface area contributed by atoms with Gasteiger partial charge in [0.25, 0.3) is 0 Å². The molecule has 0 saturated carbocycles. The Morgan fingerprint density at radius 1 is 1.24 bits per heavy atom. The second-order valence-electron chi connectivity index (χ2n) is 5.70. The Balaban J connectivity index is 2.83. The third-order valence-electron chi connectivity index (χ3n) is 3.60. The topological polar surface area (TPSA) is 50.4 Å². The standard InChI is InChI=1S/C17H28N2O2/c1-6-15(13-7-9-14(21-5)10-8-13)19-16(11-12(2)3)17(20)18-4/h7-10,12,15-16,19H,6,11H2,1-5H3,(H,18,20). The van der Waals surface area contributed by atoms with Crippen molar-refractivity contribution in [3.05, 3.63) is 29.8 Å². The minimum atomic E-state index is -0.165. The van der Waals surface area contributed by atoms with Gasteiger partial charge in [0.15, 0.2) is 0 Å². The molecule has 0 saturated heterocycles. The molecule has 1 aromatic carbocycles. The van der Waals surface area contributed by atoms with Gasteiger partial charge in [-0.05, 0) is 36.5 Å². The minimum absolute atomic E-state index is 0.0515. The second kappa shape index (κ2) is 8.67. The molecular formula is C17H28N2O2. The summed E-state index contributed by atoms with van der Waals surface area (Å²) in [5, 5.41) is 6.23. The normalized spacial score (nSPS) is 13.8. The van der Waals surface area contributed by atoms with Crippen LogP contribution in [-0.2, 0) is 4.79 Å². The third kappa shape index (κ3) is 5.38. The van der Waals surface area contributed by atoms with Crippen LogP contribution in [-0.4, -0.2) is 26.1 Å². The number of methoxy groups -OCH3 is 1. The van der Waals surface area contributed by atoms with E-state index in [1.807, 2.05) is 12.1 Å². The molecule has 1 aromatic rings. The lowest BCUT2D eigenvalue weighted by atomic mass is 9.98. The predicted molar refractivity (Wildman–Crippen MR) is 86.5 cm³/mol. The van der Waals surface area contributed by atoms with Crippen molar-refractivity contribution in [2.24, 2.45) is 5.92 Å². The van der Waals surface area contributed by atoms with Crippen LogP contribution in [0.15, 0.2) is 24.3 Å². The summed E-state index contributed by atoms with van der Waals surface area (Å²) in [4.78, 5) is 12.0. The van der Waals surface area contributed by atoms with E-state index in [4.69, 9.17) is 4.74 Å². The molecule has 4 heteroatoms. The van der Waals surface area contributed by atoms with Crippen LogP contribution in [0.25, 0.3) is 0 Å². The van der Waals surface area contributed by atoms with Gasteiger partial charge in [0.2, 0.25) is 5.91 Å². The van der Waals surface area contributed by atoms with Crippen LogP contribution in [0.1, 0.15) is 45.2 Å². The Bertz CT molecular complexity index is 429. The van der Waals surface area contributed by atoms with Gasteiger partial charge >= 0.3 is 0 Å². The Morgan fingerprint density at radius 3 is 2.29 bits per heavy atom. The third-order valence-corrected chi connectivity index (χ3v) is 3.60. The van der Waals surface area contributed by atoms with Gasteiger partial charge in [0.1, 0.15) is 5.75 Å². The smallest absolute Gasteiger partial charge is 0.236 e. The van der Waals surface area contributed by atoms with E-state index in [1.54, 1.807) is 14.2 Å². The molecule has 118 valence electrons. The average Bonchev–Trinajstić information content (AvgIpc) is 2.50. The summed E-state index contributed by atoms with van der Waals surface area (Å²) in [5.41, 5.74) is 1.18. The number of hydrogen-bond acceptors (Lipinski definition) is 3. The number of benzene rings is 1. The lowest BCUT2D eigenvalue weighted by Crippen LogP contribution is -2.45. The maximum absolute atomic E-state index is 12.0. The molecule has 2 unspecified atom stereocenters. The summed E-state index contributed by atoms with van der Waals surface area (Å²) in [6.07, 6.45) is 1.75. The summed E-state index contributed by atoms with van der Waals surface area (Å²) in [5.74, 6) is 1.36. The molecule has 1 rings (SSSR count). The first-order valence-electron chi connectivity index (χ1n) is 7.63. The van der Waals surface area contributed by atoms with Gasteiger partial charge in [0.05, 0.1) is 13.2 Å². The number of ether oxygens (including phenoxy) is 1. The first-order valence-corrected chi connectivity index (χ1v) is 7.63. The highest BCUT2D eigenvalue weighted by molar-refractivity contribution is 5.81. The second-order valence-corrected chi connectivity index (χ2v) is 5.70. The van der Waals surface area contributed by atoms with Crippen LogP contribution in [0.5, 0.6) is 5.75 Å². The molecule has 0 heterocycles. The van der Waals surface area contributed by atoms with Crippen LogP contribution in [0, 0.1) is 5.92 Å². The Morgan fingerprint density at radius 2 is 1.86 bits per heavy atom. The molecule has 2 atom stereocenters. The van der Waals surface area contributed by atoms with Gasteiger partial charge in [-0.2, -0.15) is 0 Å². The molecule has 4 nitrogen and oxygen atoms in total. The van der Waals surface area contributed by atoms with Gasteiger partial charge in [-0.15, -0.1) is 0 Å². The number of carbonyl (C=O) groups excluding carboxylic acids is 1. The van der Waals surface area contributed by atoms with E-state index < -0.39 is 0 Å². The first-order chi connectivity index (χ1) is 10.0. The van der Waals surface area contributed by atoms with Gasteiger partial charge in [0, 0.05) is 13.1 Å². The Labute approximate surface area is 128 Å². The highest BCUT2D eigenvalue weighted by Gasteiger charge is 2.22. The van der Waals surface area contributed by atoms with Gasteiger partial charge < -0.3 is 10.1 Å². The summed E-state index contributed by atoms with van der Waals surface area (Å²) < 4.78 is 5.19. The fourth-order valence-electron chi connectivity index (χ4n) is 2.43. The summed E-state index contributed by atoms with van der Waals surface area (Å²) >= 11 is 0. The number of hydrogen-bond donors (Lipinski definition) is 2. The molecule has 0 aliphatic carbocycles. The van der Waals surface area contributed by atoms with Gasteiger partial charge in [-0.25, -0.2) is 0 Å². The van der Waals surface area contributed by atoms with Gasteiger partial charge in [-0.3, -0.25) is 10.1 Å². The van der Waals surface area contributed by atoms with Gasteiger partial charge in [-0.1, -0.05) is 32.9 Å². The average molecular weight is 292 g/mol. The van der Waals surface area contributed by atoms with E-state index >= 15 is 0 Å². The summed E-state index contributed by atoms with van der Waals surface area (Å²) in [6.45, 7) is 6.39. The molecule has 2 N–H and O–H groups in total. The molecule has 0 spiro atoms. The molecule has 0 aliphatic rings. The zero-order valence-corrected chi connectivity index (χ0v) is 13.8. The highest BCUT2D eigenvalue weighted by atomic mass is 16.5. The lowest BCUT2D eigenvalue weighted by Gasteiger charge is -2.25. The molecule has 0 aromatic heterocycles. The molecule has 0 radical (unpaired) electrons. The van der Waals surface area contributed by atoms with E-state index in [2.05, 4.69) is 43.5 Å². The van der Waals surface area contributed by atoms with Crippen LogP contribution in [0.3, 0.4) is 0 Å². The van der Waals surface area contributed by atoms with Crippen molar-refractivity contribution in [1.82, 2.24) is 10.6 Å². The molecule has 0 aliphatic heterocycles. The number of likely N-dealkylation sites (N-methyl/N-ethyl adjacent to an activating group) is 1. The fourth-order valence-corrected chi connectivity index (χ4v) is 2.43. The molecule has 0 fully saturated rings. The van der Waals surface area contributed by atoms with Crippen LogP contribution >= 0.6 is 0 Å². The van der Waals surface area contributed by atoms with Crippen molar-refractivity contribution in [2.45, 2.75) is 45.7 Å². The van der Waals surface area contributed by atoms with E-state index in [9.17, 15) is 4.79 Å². The SMILES string of the molecule is CCC(NC(CC(C)C)C(=O)NC)c1ccc(OC)cc1. The van der Waals surface area contributed by atoms with Crippen molar-refractivity contribution >= 4 is 5.91 Å². The van der Waals surface area contributed by atoms with Crippen molar-refractivity contribution in [1.29, 1.82) is 0 Å². The monoisotopic (exact) mass is 292 g/mol. The highest BCUT2D eigenvalue weighted by Crippen LogP contribution is 2.21. The fraction of sp³-hybridized carbons (Fsp3) is 0.588. The number of amides is 1. The van der Waals surface area contributed by atoms with E-state index in [1.165, 1.54) is 5.56 Å². The maximum atomic E-state index is 12.0. The largest absolute Gasteiger partial charge is 0.497 e. The Hall–Kier alpha value is -1.55. The maximum Gasteiger partial charge on any atom is 0.236 e. The Kier molecular flexibility index (Phi) is 7.23. The minimum Gasteiger partial charge on any atom is -0.497 e. The molecule has 0 bridgehead atoms. The van der Waals surface area contributed by atoms with Crippen LogP contribution < -0.4 is 15.4 Å². The molecule has 21 heavy (non-hydrogen) atoms. The van der Waals surface area contributed by atoms with E-state index in [0.29, 0.717) is 5.92 Å². The number of rotatable bonds is 8. The zero-order chi connectivity index (χ0) is 15.8. The quantitative estimate of drug-likeness (QED) is 0.774. The van der Waals surface area contributed by atoms with Crippen LogP contribution in [0.2, 0.25) is 0 Å². The van der Waals surface area contributed by atoms with E-state index in [0.717, 1.165) is 18.6 Å². The first kappa shape index (κ1) is 17.5.